The average molecular weight is 795 g/mol. The normalized spacial score (nSPS) is 11.2. The molecule has 4 aromatic rings. The van der Waals surface area contributed by atoms with Crippen LogP contribution in [-0.2, 0) is 33.1 Å². The van der Waals surface area contributed by atoms with E-state index in [-0.39, 0.29) is 76.3 Å². The predicted octanol–water partition coefficient (Wildman–Crippen LogP) is 9.31. The Kier molecular flexibility index (Phi) is 20.8. The van der Waals surface area contributed by atoms with E-state index >= 15 is 0 Å². The Morgan fingerprint density at radius 1 is 0.585 bits per heavy atom. The largest absolute Gasteiger partial charge is 2.00 e. The second-order valence-corrected chi connectivity index (χ2v) is 15.4. The van der Waals surface area contributed by atoms with E-state index in [4.69, 9.17) is 14.0 Å². The molecular formula is C40H50CaO10S2. The molecular weight excluding hydrogens is 745 g/mol. The monoisotopic (exact) mass is 794 g/mol. The molecule has 0 aliphatic rings. The van der Waals surface area contributed by atoms with Crippen molar-refractivity contribution in [2.75, 3.05) is 0 Å². The second-order valence-electron chi connectivity index (χ2n) is 12.6. The molecule has 4 rings (SSSR count). The molecule has 0 aliphatic heterocycles. The van der Waals surface area contributed by atoms with Crippen LogP contribution in [0.5, 0.6) is 34.5 Å². The van der Waals surface area contributed by atoms with Crippen molar-refractivity contribution in [3.8, 4) is 34.5 Å². The molecule has 2 N–H and O–H groups in total. The van der Waals surface area contributed by atoms with Gasteiger partial charge in [0.05, 0.1) is 9.79 Å². The van der Waals surface area contributed by atoms with Gasteiger partial charge in [-0.15, -0.1) is 0 Å². The minimum Gasteiger partial charge on any atom is -0.870 e. The molecule has 10 nitrogen and oxygen atoms in total. The van der Waals surface area contributed by atoms with Crippen LogP contribution in [0.15, 0.2) is 94.7 Å². The Hall–Kier alpha value is -2.84. The van der Waals surface area contributed by atoms with E-state index in [1.54, 1.807) is 18.2 Å². The molecule has 0 amide bonds. The fourth-order valence-electron chi connectivity index (χ4n) is 5.58. The van der Waals surface area contributed by atoms with Gasteiger partial charge in [-0.3, -0.25) is 4.55 Å². The molecule has 0 bridgehead atoms. The van der Waals surface area contributed by atoms with Crippen LogP contribution in [0.25, 0.3) is 0 Å². The van der Waals surface area contributed by atoms with Crippen LogP contribution in [0.4, 0.5) is 0 Å². The van der Waals surface area contributed by atoms with Gasteiger partial charge in [0.2, 0.25) is 0 Å². The molecule has 4 aromatic carbocycles. The van der Waals surface area contributed by atoms with E-state index < -0.39 is 20.2 Å². The minimum absolute atomic E-state index is 0. The molecule has 0 saturated carbocycles. The van der Waals surface area contributed by atoms with Crippen LogP contribution in [0.1, 0.15) is 102 Å². The Labute approximate surface area is 345 Å². The molecule has 13 heteroatoms. The number of unbranched alkanes of at least 4 members (excludes halogenated alkanes) is 10. The van der Waals surface area contributed by atoms with Gasteiger partial charge in [-0.25, -0.2) is 8.42 Å². The number of aryl methyl sites for hydroxylation is 2. The molecule has 0 unspecified atom stereocenters. The molecule has 0 aliphatic carbocycles. The van der Waals surface area contributed by atoms with Crippen molar-refractivity contribution in [1.29, 1.82) is 0 Å². The summed E-state index contributed by atoms with van der Waals surface area (Å²) in [5, 5.41) is 22.4. The van der Waals surface area contributed by atoms with Gasteiger partial charge in [0, 0.05) is 6.07 Å². The fourth-order valence-corrected chi connectivity index (χ4v) is 6.60. The quantitative estimate of drug-likeness (QED) is 0.0499. The van der Waals surface area contributed by atoms with Crippen molar-refractivity contribution in [1.82, 2.24) is 0 Å². The smallest absolute Gasteiger partial charge is 0.870 e. The third-order valence-corrected chi connectivity index (χ3v) is 10.1. The summed E-state index contributed by atoms with van der Waals surface area (Å²) >= 11 is 0. The summed E-state index contributed by atoms with van der Waals surface area (Å²) in [6, 6.07) is 21.0. The van der Waals surface area contributed by atoms with Gasteiger partial charge in [-0.05, 0) is 73.2 Å². The zero-order chi connectivity index (χ0) is 38.0. The SMILES string of the molecule is CCCCCCCCc1cccc(O)c1Oc1cccc(S(=O)(=O)O)c1.CCCCCCCCc1cccc([O-])c1Oc1cccc(S(=O)(=O)[O-])c1.[Ca+2]. The third kappa shape index (κ3) is 16.6. The number of benzene rings is 4. The number of phenols is 1. The molecule has 284 valence electrons. The summed E-state index contributed by atoms with van der Waals surface area (Å²) in [6.07, 6.45) is 15.4. The van der Waals surface area contributed by atoms with E-state index in [0.717, 1.165) is 55.7 Å². The summed E-state index contributed by atoms with van der Waals surface area (Å²) in [7, 11) is -8.88. The molecule has 0 aromatic heterocycles. The maximum atomic E-state index is 12.2. The second kappa shape index (κ2) is 23.8. The van der Waals surface area contributed by atoms with Crippen molar-refractivity contribution in [2.24, 2.45) is 0 Å². The number of hydrogen-bond donors (Lipinski definition) is 2. The van der Waals surface area contributed by atoms with Crippen LogP contribution in [0.3, 0.4) is 0 Å². The van der Waals surface area contributed by atoms with E-state index in [2.05, 4.69) is 13.8 Å². The van der Waals surface area contributed by atoms with E-state index in [1.165, 1.54) is 99.9 Å². The van der Waals surface area contributed by atoms with Crippen LogP contribution in [-0.4, -0.2) is 68.8 Å². The molecule has 53 heavy (non-hydrogen) atoms. The van der Waals surface area contributed by atoms with Gasteiger partial charge in [0.1, 0.15) is 27.4 Å². The first kappa shape index (κ1) is 46.3. The zero-order valence-corrected chi connectivity index (χ0v) is 34.5. The molecule has 0 radical (unpaired) electrons. The molecule has 0 saturated heterocycles. The molecule has 0 heterocycles. The van der Waals surface area contributed by atoms with Crippen molar-refractivity contribution >= 4 is 58.0 Å². The van der Waals surface area contributed by atoms with Gasteiger partial charge in [0.25, 0.3) is 10.1 Å². The number of aromatic hydroxyl groups is 1. The maximum absolute atomic E-state index is 12.2. The Balaban J connectivity index is 0.000000360. The number of para-hydroxylation sites is 2. The van der Waals surface area contributed by atoms with Crippen molar-refractivity contribution in [3.05, 3.63) is 96.1 Å². The number of rotatable bonds is 20. The maximum Gasteiger partial charge on any atom is 2.00 e. The Bertz CT molecular complexity index is 1780. The number of phenolic OH excluding ortho intramolecular Hbond substituents is 1. The number of hydrogen-bond acceptors (Lipinski definition) is 9. The van der Waals surface area contributed by atoms with Crippen molar-refractivity contribution < 1.29 is 45.6 Å². The van der Waals surface area contributed by atoms with E-state index in [9.17, 15) is 31.6 Å². The fraction of sp³-hybridized carbons (Fsp3) is 0.400. The van der Waals surface area contributed by atoms with Gasteiger partial charge in [-0.2, -0.15) is 8.42 Å². The molecule has 0 fully saturated rings. The van der Waals surface area contributed by atoms with Gasteiger partial charge >= 0.3 is 37.7 Å². The van der Waals surface area contributed by atoms with Crippen LogP contribution >= 0.6 is 0 Å². The van der Waals surface area contributed by atoms with E-state index in [1.807, 2.05) is 12.1 Å². The third-order valence-electron chi connectivity index (χ3n) is 8.37. The standard InChI is InChI=1S/2C20H26O5S.Ca/c2*1-2-3-4-5-6-7-10-16-11-8-14-19(21)20(16)25-17-12-9-13-18(15-17)26(22,23)24;/h2*8-9,11-15,21H,2-7,10H2,1H3,(H,22,23,24);/q;;+2/p-2. The Morgan fingerprint density at radius 3 is 1.55 bits per heavy atom. The summed E-state index contributed by atoms with van der Waals surface area (Å²) in [4.78, 5) is -0.626. The average Bonchev–Trinajstić information content (AvgIpc) is 3.10. The van der Waals surface area contributed by atoms with Crippen LogP contribution in [0.2, 0.25) is 0 Å². The first-order valence-corrected chi connectivity index (χ1v) is 20.8. The summed E-state index contributed by atoms with van der Waals surface area (Å²) in [5.41, 5.74) is 1.67. The van der Waals surface area contributed by atoms with Crippen molar-refractivity contribution in [2.45, 2.75) is 114 Å². The first-order valence-electron chi connectivity index (χ1n) is 17.9. The summed E-state index contributed by atoms with van der Waals surface area (Å²) < 4.78 is 76.5. The minimum atomic E-state index is -4.57. The Morgan fingerprint density at radius 2 is 1.02 bits per heavy atom. The topological polar surface area (TPSA) is 173 Å². The summed E-state index contributed by atoms with van der Waals surface area (Å²) in [5.74, 6) is 0.671. The van der Waals surface area contributed by atoms with Gasteiger partial charge in [0.15, 0.2) is 11.5 Å². The first-order chi connectivity index (χ1) is 24.8. The summed E-state index contributed by atoms with van der Waals surface area (Å²) in [6.45, 7) is 4.36. The van der Waals surface area contributed by atoms with Gasteiger partial charge < -0.3 is 24.2 Å². The number of ether oxygens (including phenoxy) is 2. The molecule has 0 atom stereocenters. The predicted molar refractivity (Wildman–Crippen MR) is 205 cm³/mol. The zero-order valence-electron chi connectivity index (χ0n) is 30.7. The van der Waals surface area contributed by atoms with E-state index in [0.29, 0.717) is 5.75 Å². The molecule has 0 spiro atoms. The van der Waals surface area contributed by atoms with Gasteiger partial charge in [-0.1, -0.05) is 126 Å². The van der Waals surface area contributed by atoms with Crippen molar-refractivity contribution in [3.63, 3.8) is 0 Å². The van der Waals surface area contributed by atoms with Crippen LogP contribution < -0.4 is 14.6 Å². The van der Waals surface area contributed by atoms with Crippen LogP contribution in [0, 0.1) is 0 Å².